The van der Waals surface area contributed by atoms with Crippen molar-refractivity contribution in [3.63, 3.8) is 0 Å². The van der Waals surface area contributed by atoms with Crippen LogP contribution in [0.15, 0.2) is 28.7 Å². The largest absolute Gasteiger partial charge is 0.492 e. The highest BCUT2D eigenvalue weighted by atomic mass is 79.9. The van der Waals surface area contributed by atoms with E-state index in [1.54, 1.807) is 15.9 Å². The van der Waals surface area contributed by atoms with E-state index < -0.39 is 0 Å². The number of halogens is 1. The molecule has 5 nitrogen and oxygen atoms in total. The summed E-state index contributed by atoms with van der Waals surface area (Å²) < 4.78 is 2.65. The van der Waals surface area contributed by atoms with Crippen LogP contribution in [0.25, 0.3) is 4.96 Å². The van der Waals surface area contributed by atoms with Crippen molar-refractivity contribution in [1.29, 1.82) is 0 Å². The van der Waals surface area contributed by atoms with Gasteiger partial charge >= 0.3 is 0 Å². The Kier molecular flexibility index (Phi) is 4.80. The standard InChI is InChI=1S/C18H21BrN4OS/c1-2-14-20-18-23(21-14)17(24)16(25-18)15(22-9-4-3-5-10-22)12-7-6-8-13(19)11-12/h6-8,11,15,24H,2-5,9-10H2,1H3. The summed E-state index contributed by atoms with van der Waals surface area (Å²) in [5.74, 6) is 0.993. The van der Waals surface area contributed by atoms with Crippen LogP contribution in [0.1, 0.15) is 48.5 Å². The van der Waals surface area contributed by atoms with E-state index in [2.05, 4.69) is 49.1 Å². The smallest absolute Gasteiger partial charge is 0.230 e. The zero-order chi connectivity index (χ0) is 17.4. The highest BCUT2D eigenvalue weighted by Gasteiger charge is 2.30. The molecule has 1 aromatic carbocycles. The number of likely N-dealkylation sites (tertiary alicyclic amines) is 1. The summed E-state index contributed by atoms with van der Waals surface area (Å²) in [7, 11) is 0. The van der Waals surface area contributed by atoms with Crippen LogP contribution >= 0.6 is 27.3 Å². The molecule has 1 aliphatic heterocycles. The predicted molar refractivity (Wildman–Crippen MR) is 103 cm³/mol. The van der Waals surface area contributed by atoms with Crippen molar-refractivity contribution in [2.24, 2.45) is 0 Å². The molecule has 7 heteroatoms. The summed E-state index contributed by atoms with van der Waals surface area (Å²) in [5.41, 5.74) is 1.19. The second-order valence-electron chi connectivity index (χ2n) is 6.42. The summed E-state index contributed by atoms with van der Waals surface area (Å²) in [6.07, 6.45) is 4.45. The quantitative estimate of drug-likeness (QED) is 0.679. The SMILES string of the molecule is CCc1nc2sc(C(c3cccc(Br)c3)N3CCCCC3)c(O)n2n1. The van der Waals surface area contributed by atoms with Crippen molar-refractivity contribution in [2.45, 2.75) is 38.6 Å². The van der Waals surface area contributed by atoms with E-state index in [1.165, 1.54) is 24.8 Å². The van der Waals surface area contributed by atoms with Gasteiger partial charge in [-0.05, 0) is 43.6 Å². The van der Waals surface area contributed by atoms with Gasteiger partial charge in [0.2, 0.25) is 10.8 Å². The number of thiazole rings is 1. The van der Waals surface area contributed by atoms with E-state index in [9.17, 15) is 5.11 Å². The van der Waals surface area contributed by atoms with E-state index in [-0.39, 0.29) is 11.9 Å². The van der Waals surface area contributed by atoms with Gasteiger partial charge in [-0.3, -0.25) is 4.90 Å². The second kappa shape index (κ2) is 7.05. The Balaban J connectivity index is 1.82. The first-order valence-electron chi connectivity index (χ1n) is 8.74. The maximum absolute atomic E-state index is 10.9. The first kappa shape index (κ1) is 17.0. The number of hydrogen-bond acceptors (Lipinski definition) is 5. The fourth-order valence-electron chi connectivity index (χ4n) is 3.50. The van der Waals surface area contributed by atoms with Crippen molar-refractivity contribution < 1.29 is 5.11 Å². The van der Waals surface area contributed by atoms with Crippen LogP contribution < -0.4 is 0 Å². The van der Waals surface area contributed by atoms with Gasteiger partial charge < -0.3 is 5.11 Å². The van der Waals surface area contributed by atoms with Crippen LogP contribution in [-0.4, -0.2) is 37.7 Å². The number of aromatic hydroxyl groups is 1. The molecule has 4 rings (SSSR count). The lowest BCUT2D eigenvalue weighted by Crippen LogP contribution is -2.34. The first-order valence-corrected chi connectivity index (χ1v) is 10.3. The van der Waals surface area contributed by atoms with Gasteiger partial charge in [0.1, 0.15) is 0 Å². The minimum absolute atomic E-state index is 0.0383. The molecular weight excluding hydrogens is 400 g/mol. The molecule has 1 saturated heterocycles. The minimum atomic E-state index is 0.0383. The summed E-state index contributed by atoms with van der Waals surface area (Å²) in [6.45, 7) is 4.12. The maximum atomic E-state index is 10.9. The van der Waals surface area contributed by atoms with Gasteiger partial charge in [-0.2, -0.15) is 4.52 Å². The van der Waals surface area contributed by atoms with Gasteiger partial charge in [0, 0.05) is 10.9 Å². The molecule has 1 N–H and O–H groups in total. The van der Waals surface area contributed by atoms with Crippen molar-refractivity contribution in [3.8, 4) is 5.88 Å². The van der Waals surface area contributed by atoms with Gasteiger partial charge in [0.15, 0.2) is 5.82 Å². The highest BCUT2D eigenvalue weighted by molar-refractivity contribution is 9.10. The average Bonchev–Trinajstić information content (AvgIpc) is 3.16. The number of piperidine rings is 1. The fraction of sp³-hybridized carbons (Fsp3) is 0.444. The molecule has 1 fully saturated rings. The Morgan fingerprint density at radius 1 is 1.28 bits per heavy atom. The number of fused-ring (bicyclic) bond motifs is 1. The van der Waals surface area contributed by atoms with E-state index in [4.69, 9.17) is 0 Å². The number of aryl methyl sites for hydroxylation is 1. The number of nitrogens with zero attached hydrogens (tertiary/aromatic N) is 4. The Labute approximate surface area is 159 Å². The summed E-state index contributed by atoms with van der Waals surface area (Å²) in [4.78, 5) is 8.70. The van der Waals surface area contributed by atoms with Crippen LogP contribution in [-0.2, 0) is 6.42 Å². The number of hydrogen-bond donors (Lipinski definition) is 1. The van der Waals surface area contributed by atoms with Gasteiger partial charge in [-0.15, -0.1) is 5.10 Å². The third-order valence-electron chi connectivity index (χ3n) is 4.73. The molecule has 0 aliphatic carbocycles. The van der Waals surface area contributed by atoms with E-state index in [1.807, 2.05) is 13.0 Å². The van der Waals surface area contributed by atoms with E-state index in [0.717, 1.165) is 39.6 Å². The molecule has 1 unspecified atom stereocenters. The molecular formula is C18H21BrN4OS. The van der Waals surface area contributed by atoms with Gasteiger partial charge in [0.05, 0.1) is 10.9 Å². The van der Waals surface area contributed by atoms with E-state index in [0.29, 0.717) is 0 Å². The molecule has 0 radical (unpaired) electrons. The lowest BCUT2D eigenvalue weighted by Gasteiger charge is -2.34. The van der Waals surface area contributed by atoms with Crippen molar-refractivity contribution in [3.05, 3.63) is 45.0 Å². The Bertz CT molecular complexity index is 884. The molecule has 25 heavy (non-hydrogen) atoms. The Morgan fingerprint density at radius 3 is 2.76 bits per heavy atom. The van der Waals surface area contributed by atoms with Gasteiger partial charge in [-0.25, -0.2) is 4.98 Å². The predicted octanol–water partition coefficient (Wildman–Crippen LogP) is 4.40. The fourth-order valence-corrected chi connectivity index (χ4v) is 5.05. The first-order chi connectivity index (χ1) is 12.2. The van der Waals surface area contributed by atoms with Crippen molar-refractivity contribution in [2.75, 3.05) is 13.1 Å². The van der Waals surface area contributed by atoms with Crippen LogP contribution in [0.2, 0.25) is 0 Å². The molecule has 0 bridgehead atoms. The van der Waals surface area contributed by atoms with Gasteiger partial charge in [-0.1, -0.05) is 52.7 Å². The normalized spacial score (nSPS) is 17.2. The van der Waals surface area contributed by atoms with Crippen molar-refractivity contribution in [1.82, 2.24) is 19.5 Å². The number of aromatic nitrogens is 3. The highest BCUT2D eigenvalue weighted by Crippen LogP contribution is 2.41. The summed E-state index contributed by atoms with van der Waals surface area (Å²) >= 11 is 5.13. The van der Waals surface area contributed by atoms with Gasteiger partial charge in [0.25, 0.3) is 0 Å². The van der Waals surface area contributed by atoms with Crippen molar-refractivity contribution >= 4 is 32.2 Å². The molecule has 2 aromatic heterocycles. The average molecular weight is 421 g/mol. The third kappa shape index (κ3) is 3.20. The van der Waals surface area contributed by atoms with Crippen LogP contribution in [0.4, 0.5) is 0 Å². The second-order valence-corrected chi connectivity index (χ2v) is 8.34. The lowest BCUT2D eigenvalue weighted by atomic mass is 10.0. The molecule has 3 aromatic rings. The Hall–Kier alpha value is -1.44. The maximum Gasteiger partial charge on any atom is 0.230 e. The molecule has 1 aliphatic rings. The molecule has 0 amide bonds. The molecule has 3 heterocycles. The molecule has 1 atom stereocenters. The van der Waals surface area contributed by atoms with Crippen LogP contribution in [0, 0.1) is 0 Å². The zero-order valence-electron chi connectivity index (χ0n) is 14.2. The number of benzene rings is 1. The van der Waals surface area contributed by atoms with E-state index >= 15 is 0 Å². The number of rotatable bonds is 4. The summed E-state index contributed by atoms with van der Waals surface area (Å²) in [6, 6.07) is 8.41. The lowest BCUT2D eigenvalue weighted by molar-refractivity contribution is 0.186. The topological polar surface area (TPSA) is 53.7 Å². The van der Waals surface area contributed by atoms with Crippen LogP contribution in [0.3, 0.4) is 0 Å². The molecule has 0 saturated carbocycles. The molecule has 132 valence electrons. The molecule has 0 spiro atoms. The Morgan fingerprint density at radius 2 is 2.08 bits per heavy atom. The van der Waals surface area contributed by atoms with Crippen LogP contribution in [0.5, 0.6) is 5.88 Å². The third-order valence-corrected chi connectivity index (χ3v) is 6.29. The zero-order valence-corrected chi connectivity index (χ0v) is 16.6. The monoisotopic (exact) mass is 420 g/mol. The minimum Gasteiger partial charge on any atom is -0.492 e. The summed E-state index contributed by atoms with van der Waals surface area (Å²) in [5, 5.41) is 15.3.